The molecule has 0 aliphatic carbocycles. The number of alkyl halides is 3. The fourth-order valence-corrected chi connectivity index (χ4v) is 1.72. The van der Waals surface area contributed by atoms with E-state index in [2.05, 4.69) is 10.6 Å². The molecule has 1 rings (SSSR count). The topological polar surface area (TPSA) is 78.4 Å². The molecule has 1 aromatic rings. The number of halogens is 3. The average Bonchev–Trinajstić information content (AvgIpc) is 2.35. The third-order valence-electron chi connectivity index (χ3n) is 2.86. The average molecular weight is 318 g/mol. The quantitative estimate of drug-likeness (QED) is 0.778. The van der Waals surface area contributed by atoms with E-state index in [4.69, 9.17) is 5.11 Å². The number of aliphatic carboxylic acids is 1. The van der Waals surface area contributed by atoms with Crippen molar-refractivity contribution < 1.29 is 27.9 Å². The van der Waals surface area contributed by atoms with Crippen LogP contribution < -0.4 is 10.6 Å². The Labute approximate surface area is 125 Å². The number of anilines is 1. The summed E-state index contributed by atoms with van der Waals surface area (Å²) in [6, 6.07) is 3.55. The van der Waals surface area contributed by atoms with Gasteiger partial charge in [-0.05, 0) is 38.5 Å². The molecule has 0 radical (unpaired) electrons. The van der Waals surface area contributed by atoms with Gasteiger partial charge in [0.1, 0.15) is 0 Å². The van der Waals surface area contributed by atoms with E-state index < -0.39 is 29.3 Å². The van der Waals surface area contributed by atoms with Crippen LogP contribution in [0.3, 0.4) is 0 Å². The summed E-state index contributed by atoms with van der Waals surface area (Å²) in [5.74, 6) is -0.992. The Hall–Kier alpha value is -2.25. The van der Waals surface area contributed by atoms with Crippen LogP contribution >= 0.6 is 0 Å². The van der Waals surface area contributed by atoms with Crippen LogP contribution in [-0.2, 0) is 11.0 Å². The molecule has 1 aromatic carbocycles. The van der Waals surface area contributed by atoms with Crippen LogP contribution in [0.1, 0.15) is 32.3 Å². The van der Waals surface area contributed by atoms with Crippen LogP contribution in [-0.4, -0.2) is 22.6 Å². The summed E-state index contributed by atoms with van der Waals surface area (Å²) >= 11 is 0. The first-order chi connectivity index (χ1) is 9.99. The molecule has 0 spiro atoms. The van der Waals surface area contributed by atoms with Gasteiger partial charge in [0, 0.05) is 17.6 Å². The van der Waals surface area contributed by atoms with Gasteiger partial charge >= 0.3 is 18.2 Å². The monoisotopic (exact) mass is 318 g/mol. The highest BCUT2D eigenvalue weighted by molar-refractivity contribution is 5.89. The van der Waals surface area contributed by atoms with Crippen LogP contribution in [0.25, 0.3) is 0 Å². The predicted molar refractivity (Wildman–Crippen MR) is 74.5 cm³/mol. The van der Waals surface area contributed by atoms with Crippen molar-refractivity contribution in [3.8, 4) is 0 Å². The summed E-state index contributed by atoms with van der Waals surface area (Å²) < 4.78 is 37.7. The van der Waals surface area contributed by atoms with Crippen molar-refractivity contribution >= 4 is 17.7 Å². The van der Waals surface area contributed by atoms with Gasteiger partial charge in [0.25, 0.3) is 0 Å². The van der Waals surface area contributed by atoms with E-state index in [1.165, 1.54) is 12.1 Å². The maximum Gasteiger partial charge on any atom is 0.416 e. The molecule has 3 N–H and O–H groups in total. The summed E-state index contributed by atoms with van der Waals surface area (Å²) in [5, 5.41) is 13.4. The van der Waals surface area contributed by atoms with Gasteiger partial charge in [0.2, 0.25) is 0 Å². The van der Waals surface area contributed by atoms with Crippen LogP contribution in [0, 0.1) is 0 Å². The maximum atomic E-state index is 12.6. The lowest BCUT2D eigenvalue weighted by Crippen LogP contribution is -2.45. The zero-order valence-electron chi connectivity index (χ0n) is 12.1. The molecule has 0 unspecified atom stereocenters. The molecule has 122 valence electrons. The number of hydrogen-bond donors (Lipinski definition) is 3. The zero-order valence-corrected chi connectivity index (χ0v) is 12.1. The molecular formula is C14H17F3N2O3. The summed E-state index contributed by atoms with van der Waals surface area (Å²) in [6.45, 7) is 3.25. The Bertz CT molecular complexity index is 557. The van der Waals surface area contributed by atoms with E-state index in [9.17, 15) is 22.8 Å². The normalized spacial score (nSPS) is 11.9. The SMILES string of the molecule is CC(C)(CCC(=O)O)NC(=O)Nc1cccc(C(F)(F)F)c1. The Kier molecular flexibility index (Phi) is 5.40. The van der Waals surface area contributed by atoms with Gasteiger partial charge in [0.15, 0.2) is 0 Å². The molecule has 0 bridgehead atoms. The standard InChI is InChI=1S/C14H17F3N2O3/c1-13(2,7-6-11(20)21)19-12(22)18-10-5-3-4-9(8-10)14(15,16)17/h3-5,8H,6-7H2,1-2H3,(H,20,21)(H2,18,19,22). The number of benzene rings is 1. The number of rotatable bonds is 5. The number of carboxylic acid groups (broad SMARTS) is 1. The van der Waals surface area contributed by atoms with Crippen molar-refractivity contribution in [2.45, 2.75) is 38.4 Å². The Balaban J connectivity index is 2.67. The van der Waals surface area contributed by atoms with Gasteiger partial charge in [0.05, 0.1) is 5.56 Å². The smallest absolute Gasteiger partial charge is 0.416 e. The minimum atomic E-state index is -4.49. The Morgan fingerprint density at radius 3 is 2.41 bits per heavy atom. The molecule has 0 saturated carbocycles. The first-order valence-corrected chi connectivity index (χ1v) is 6.48. The van der Waals surface area contributed by atoms with Crippen molar-refractivity contribution in [2.24, 2.45) is 0 Å². The van der Waals surface area contributed by atoms with Gasteiger partial charge in [-0.25, -0.2) is 4.79 Å². The first-order valence-electron chi connectivity index (χ1n) is 6.48. The van der Waals surface area contributed by atoms with Crippen molar-refractivity contribution in [3.63, 3.8) is 0 Å². The molecule has 0 aliphatic heterocycles. The number of nitrogens with one attached hydrogen (secondary N) is 2. The second-order valence-corrected chi connectivity index (χ2v) is 5.44. The minimum Gasteiger partial charge on any atom is -0.481 e. The molecule has 0 saturated heterocycles. The van der Waals surface area contributed by atoms with Crippen LogP contribution in [0.15, 0.2) is 24.3 Å². The largest absolute Gasteiger partial charge is 0.481 e. The van der Waals surface area contributed by atoms with E-state index in [0.29, 0.717) is 0 Å². The lowest BCUT2D eigenvalue weighted by atomic mass is 9.99. The highest BCUT2D eigenvalue weighted by atomic mass is 19.4. The van der Waals surface area contributed by atoms with Crippen LogP contribution in [0.4, 0.5) is 23.7 Å². The van der Waals surface area contributed by atoms with Gasteiger partial charge in [-0.3, -0.25) is 4.79 Å². The molecule has 0 fully saturated rings. The summed E-state index contributed by atoms with van der Waals surface area (Å²) in [5.41, 5.74) is -1.67. The lowest BCUT2D eigenvalue weighted by molar-refractivity contribution is -0.138. The second kappa shape index (κ2) is 6.67. The number of hydrogen-bond acceptors (Lipinski definition) is 2. The number of carboxylic acids is 1. The molecule has 0 heterocycles. The fourth-order valence-electron chi connectivity index (χ4n) is 1.72. The van der Waals surface area contributed by atoms with E-state index in [-0.39, 0.29) is 18.5 Å². The maximum absolute atomic E-state index is 12.6. The Morgan fingerprint density at radius 2 is 1.86 bits per heavy atom. The summed E-state index contributed by atoms with van der Waals surface area (Å²) in [7, 11) is 0. The lowest BCUT2D eigenvalue weighted by Gasteiger charge is -2.25. The van der Waals surface area contributed by atoms with E-state index in [0.717, 1.165) is 12.1 Å². The van der Waals surface area contributed by atoms with E-state index in [1.807, 2.05) is 0 Å². The van der Waals surface area contributed by atoms with Gasteiger partial charge in [-0.15, -0.1) is 0 Å². The molecule has 22 heavy (non-hydrogen) atoms. The summed E-state index contributed by atoms with van der Waals surface area (Å²) in [6.07, 6.45) is -4.43. The third kappa shape index (κ3) is 6.02. The van der Waals surface area contributed by atoms with E-state index in [1.54, 1.807) is 13.8 Å². The third-order valence-corrected chi connectivity index (χ3v) is 2.86. The van der Waals surface area contributed by atoms with Gasteiger partial charge in [-0.2, -0.15) is 13.2 Å². The molecule has 2 amide bonds. The Morgan fingerprint density at radius 1 is 1.23 bits per heavy atom. The van der Waals surface area contributed by atoms with Crippen molar-refractivity contribution in [3.05, 3.63) is 29.8 Å². The minimum absolute atomic E-state index is 0.00126. The number of amides is 2. The highest BCUT2D eigenvalue weighted by Gasteiger charge is 2.30. The fraction of sp³-hybridized carbons (Fsp3) is 0.429. The number of carbonyl (C=O) groups excluding carboxylic acids is 1. The molecular weight excluding hydrogens is 301 g/mol. The molecule has 5 nitrogen and oxygen atoms in total. The number of urea groups is 1. The first kappa shape index (κ1) is 17.8. The van der Waals surface area contributed by atoms with Gasteiger partial charge in [-0.1, -0.05) is 6.07 Å². The molecule has 0 aromatic heterocycles. The van der Waals surface area contributed by atoms with Crippen molar-refractivity contribution in [1.82, 2.24) is 5.32 Å². The van der Waals surface area contributed by atoms with Gasteiger partial charge < -0.3 is 15.7 Å². The van der Waals surface area contributed by atoms with E-state index >= 15 is 0 Å². The molecule has 0 atom stereocenters. The summed E-state index contributed by atoms with van der Waals surface area (Å²) in [4.78, 5) is 22.3. The van der Waals surface area contributed by atoms with Crippen molar-refractivity contribution in [1.29, 1.82) is 0 Å². The van der Waals surface area contributed by atoms with Crippen LogP contribution in [0.5, 0.6) is 0 Å². The number of carbonyl (C=O) groups is 2. The van der Waals surface area contributed by atoms with Crippen molar-refractivity contribution in [2.75, 3.05) is 5.32 Å². The molecule has 8 heteroatoms. The second-order valence-electron chi connectivity index (χ2n) is 5.44. The predicted octanol–water partition coefficient (Wildman–Crippen LogP) is 3.47. The highest BCUT2D eigenvalue weighted by Crippen LogP contribution is 2.30. The molecule has 0 aliphatic rings. The zero-order chi connectivity index (χ0) is 17.0. The van der Waals surface area contributed by atoms with Crippen LogP contribution in [0.2, 0.25) is 0 Å².